The van der Waals surface area contributed by atoms with E-state index in [0.29, 0.717) is 18.3 Å². The molecule has 0 radical (unpaired) electrons. The second-order valence-electron chi connectivity index (χ2n) is 8.74. The van der Waals surface area contributed by atoms with Crippen molar-refractivity contribution in [1.82, 2.24) is 19.5 Å². The molecule has 0 N–H and O–H groups in total. The number of nitrogens with zero attached hydrogens (tertiary/aromatic N) is 4. The van der Waals surface area contributed by atoms with E-state index in [2.05, 4.69) is 26.0 Å². The van der Waals surface area contributed by atoms with E-state index in [1.165, 1.54) is 6.42 Å². The standard InChI is InChI=1S/C24H30N4O/c1-15-11-16(2)14-27(13-15)22(29)12-21-17(3)25-24-23(20-9-7-6-8-10-20)18(4)26-28(24)19(21)5/h6-10,15-16H,11-14H2,1-5H3. The van der Waals surface area contributed by atoms with Gasteiger partial charge in [0.05, 0.1) is 12.1 Å². The summed E-state index contributed by atoms with van der Waals surface area (Å²) in [6, 6.07) is 10.3. The number of fused-ring (bicyclic) bond motifs is 1. The fourth-order valence-corrected chi connectivity index (χ4v) is 4.80. The number of piperidine rings is 1. The second-order valence-corrected chi connectivity index (χ2v) is 8.74. The largest absolute Gasteiger partial charge is 0.342 e. The number of aromatic nitrogens is 3. The zero-order valence-electron chi connectivity index (χ0n) is 18.1. The first-order valence-electron chi connectivity index (χ1n) is 10.5. The molecular formula is C24H30N4O. The Hall–Kier alpha value is -2.69. The molecule has 5 heteroatoms. The quantitative estimate of drug-likeness (QED) is 0.667. The Balaban J connectivity index is 1.71. The highest BCUT2D eigenvalue weighted by molar-refractivity contribution is 5.82. The van der Waals surface area contributed by atoms with Crippen LogP contribution in [-0.4, -0.2) is 38.5 Å². The van der Waals surface area contributed by atoms with E-state index in [1.54, 1.807) is 0 Å². The number of amides is 1. The van der Waals surface area contributed by atoms with Crippen LogP contribution in [0.3, 0.4) is 0 Å². The molecule has 3 heterocycles. The number of hydrogen-bond donors (Lipinski definition) is 0. The van der Waals surface area contributed by atoms with Crippen molar-refractivity contribution in [3.05, 3.63) is 53.0 Å². The van der Waals surface area contributed by atoms with Crippen molar-refractivity contribution >= 4 is 11.6 Å². The number of aryl methyl sites for hydroxylation is 3. The lowest BCUT2D eigenvalue weighted by atomic mass is 9.91. The molecule has 2 atom stereocenters. The molecule has 5 nitrogen and oxygen atoms in total. The first kappa shape index (κ1) is 19.6. The highest BCUT2D eigenvalue weighted by atomic mass is 16.2. The van der Waals surface area contributed by atoms with Gasteiger partial charge in [0.25, 0.3) is 0 Å². The first-order chi connectivity index (χ1) is 13.8. The number of rotatable bonds is 3. The molecule has 2 aromatic heterocycles. The molecule has 1 amide bonds. The molecule has 0 saturated carbocycles. The first-order valence-corrected chi connectivity index (χ1v) is 10.5. The number of benzene rings is 1. The maximum absolute atomic E-state index is 13.1. The van der Waals surface area contributed by atoms with Gasteiger partial charge in [-0.15, -0.1) is 0 Å². The van der Waals surface area contributed by atoms with Crippen molar-refractivity contribution in [3.8, 4) is 11.1 Å². The van der Waals surface area contributed by atoms with E-state index < -0.39 is 0 Å². The molecular weight excluding hydrogens is 360 g/mol. The fourth-order valence-electron chi connectivity index (χ4n) is 4.80. The Bertz CT molecular complexity index is 1040. The maximum Gasteiger partial charge on any atom is 0.227 e. The van der Waals surface area contributed by atoms with Gasteiger partial charge in [-0.2, -0.15) is 5.10 Å². The lowest BCUT2D eigenvalue weighted by molar-refractivity contribution is -0.133. The number of likely N-dealkylation sites (tertiary alicyclic amines) is 1. The van der Waals surface area contributed by atoms with Gasteiger partial charge in [-0.3, -0.25) is 4.79 Å². The van der Waals surface area contributed by atoms with Crippen LogP contribution in [-0.2, 0) is 11.2 Å². The number of carbonyl (C=O) groups is 1. The summed E-state index contributed by atoms with van der Waals surface area (Å²) in [7, 11) is 0. The Kier molecular flexibility index (Phi) is 5.15. The van der Waals surface area contributed by atoms with Crippen LogP contribution in [0.25, 0.3) is 16.8 Å². The molecule has 1 fully saturated rings. The third kappa shape index (κ3) is 3.66. The van der Waals surface area contributed by atoms with E-state index in [1.807, 2.05) is 48.4 Å². The summed E-state index contributed by atoms with van der Waals surface area (Å²) < 4.78 is 1.91. The molecule has 29 heavy (non-hydrogen) atoms. The minimum atomic E-state index is 0.197. The number of carbonyl (C=O) groups excluding carboxylic acids is 1. The van der Waals surface area contributed by atoms with Crippen molar-refractivity contribution in [2.75, 3.05) is 13.1 Å². The summed E-state index contributed by atoms with van der Waals surface area (Å²) in [4.78, 5) is 20.0. The van der Waals surface area contributed by atoms with Crippen molar-refractivity contribution in [3.63, 3.8) is 0 Å². The summed E-state index contributed by atoms with van der Waals surface area (Å²) in [5.41, 5.74) is 6.91. The van der Waals surface area contributed by atoms with Gasteiger partial charge in [0, 0.05) is 35.6 Å². The van der Waals surface area contributed by atoms with E-state index in [4.69, 9.17) is 10.1 Å². The van der Waals surface area contributed by atoms with Gasteiger partial charge in [0.1, 0.15) is 0 Å². The van der Waals surface area contributed by atoms with Crippen LogP contribution < -0.4 is 0 Å². The predicted octanol–water partition coefficient (Wildman–Crippen LogP) is 4.37. The molecule has 1 aromatic carbocycles. The maximum atomic E-state index is 13.1. The molecule has 0 spiro atoms. The van der Waals surface area contributed by atoms with Crippen molar-refractivity contribution < 1.29 is 4.79 Å². The van der Waals surface area contributed by atoms with Gasteiger partial charge >= 0.3 is 0 Å². The summed E-state index contributed by atoms with van der Waals surface area (Å²) in [5.74, 6) is 1.32. The lowest BCUT2D eigenvalue weighted by Crippen LogP contribution is -2.43. The van der Waals surface area contributed by atoms with Crippen LogP contribution in [0.1, 0.15) is 42.9 Å². The van der Waals surface area contributed by atoms with Crippen LogP contribution in [0.2, 0.25) is 0 Å². The van der Waals surface area contributed by atoms with Crippen molar-refractivity contribution in [2.24, 2.45) is 11.8 Å². The normalized spacial score (nSPS) is 19.7. The van der Waals surface area contributed by atoms with E-state index >= 15 is 0 Å². The minimum Gasteiger partial charge on any atom is -0.342 e. The highest BCUT2D eigenvalue weighted by Crippen LogP contribution is 2.29. The molecule has 1 aliphatic heterocycles. The zero-order chi connectivity index (χ0) is 20.7. The van der Waals surface area contributed by atoms with Gasteiger partial charge < -0.3 is 4.90 Å². The third-order valence-corrected chi connectivity index (χ3v) is 6.11. The average molecular weight is 391 g/mol. The van der Waals surface area contributed by atoms with Crippen LogP contribution in [0.4, 0.5) is 0 Å². The summed E-state index contributed by atoms with van der Waals surface area (Å²) in [6.07, 6.45) is 1.59. The predicted molar refractivity (Wildman–Crippen MR) is 116 cm³/mol. The molecule has 152 valence electrons. The second kappa shape index (κ2) is 7.62. The summed E-state index contributed by atoms with van der Waals surface area (Å²) >= 11 is 0. The fraction of sp³-hybridized carbons (Fsp3) is 0.458. The van der Waals surface area contributed by atoms with E-state index in [-0.39, 0.29) is 5.91 Å². The van der Waals surface area contributed by atoms with E-state index in [0.717, 1.165) is 52.5 Å². The molecule has 3 aromatic rings. The van der Waals surface area contributed by atoms with E-state index in [9.17, 15) is 4.79 Å². The molecule has 0 bridgehead atoms. The Morgan fingerprint density at radius 2 is 1.69 bits per heavy atom. The van der Waals surface area contributed by atoms with Crippen LogP contribution in [0.15, 0.2) is 30.3 Å². The van der Waals surface area contributed by atoms with Gasteiger partial charge in [-0.25, -0.2) is 9.50 Å². The Morgan fingerprint density at radius 1 is 1.03 bits per heavy atom. The highest BCUT2D eigenvalue weighted by Gasteiger charge is 2.27. The Morgan fingerprint density at radius 3 is 2.34 bits per heavy atom. The molecule has 0 aliphatic carbocycles. The Labute approximate surface area is 172 Å². The van der Waals surface area contributed by atoms with Crippen LogP contribution in [0, 0.1) is 32.6 Å². The van der Waals surface area contributed by atoms with Gasteiger partial charge in [-0.05, 0) is 44.6 Å². The van der Waals surface area contributed by atoms with Crippen molar-refractivity contribution in [2.45, 2.75) is 47.5 Å². The number of hydrogen-bond acceptors (Lipinski definition) is 3. The minimum absolute atomic E-state index is 0.197. The topological polar surface area (TPSA) is 50.5 Å². The van der Waals surface area contributed by atoms with Crippen molar-refractivity contribution in [1.29, 1.82) is 0 Å². The molecule has 1 saturated heterocycles. The molecule has 2 unspecified atom stereocenters. The monoisotopic (exact) mass is 390 g/mol. The van der Waals surface area contributed by atoms with Crippen LogP contribution in [0.5, 0.6) is 0 Å². The molecule has 4 rings (SSSR count). The lowest BCUT2D eigenvalue weighted by Gasteiger charge is -2.35. The summed E-state index contributed by atoms with van der Waals surface area (Å²) in [5, 5.41) is 4.76. The van der Waals surface area contributed by atoms with Gasteiger partial charge in [-0.1, -0.05) is 44.2 Å². The average Bonchev–Trinajstić information content (AvgIpc) is 3.01. The zero-order valence-corrected chi connectivity index (χ0v) is 18.1. The van der Waals surface area contributed by atoms with Crippen LogP contribution >= 0.6 is 0 Å². The van der Waals surface area contributed by atoms with Gasteiger partial charge in [0.2, 0.25) is 5.91 Å². The van der Waals surface area contributed by atoms with Gasteiger partial charge in [0.15, 0.2) is 5.65 Å². The summed E-state index contributed by atoms with van der Waals surface area (Å²) in [6.45, 7) is 12.3. The third-order valence-electron chi connectivity index (χ3n) is 6.11. The SMILES string of the molecule is Cc1nc2c(-c3ccccc3)c(C)nn2c(C)c1CC(=O)N1CC(C)CC(C)C1. The molecule has 1 aliphatic rings. The smallest absolute Gasteiger partial charge is 0.227 e.